The maximum atomic E-state index is 4.17. The summed E-state index contributed by atoms with van der Waals surface area (Å²) in [5, 5.41) is 16.5. The topological polar surface area (TPSA) is 67.7 Å². The summed E-state index contributed by atoms with van der Waals surface area (Å²) in [4.78, 5) is 6.16. The fourth-order valence-corrected chi connectivity index (χ4v) is 1.80. The fraction of sp³-hybridized carbons (Fsp3) is 0.154. The van der Waals surface area contributed by atoms with Gasteiger partial charge < -0.3 is 4.90 Å². The van der Waals surface area contributed by atoms with Crippen LogP contribution >= 0.6 is 0 Å². The molecule has 0 fully saturated rings. The monoisotopic (exact) mass is 252 g/mol. The Bertz CT molecular complexity index is 605. The number of rotatable bonds is 2. The minimum absolute atomic E-state index is 0.0252. The highest BCUT2D eigenvalue weighted by atomic mass is 15.3. The van der Waals surface area contributed by atoms with Gasteiger partial charge >= 0.3 is 0 Å². The SMILES string of the molecule is CN1C=CC=CC1c1nnc(-c2ccccn2)nn1. The van der Waals surface area contributed by atoms with Gasteiger partial charge in [0, 0.05) is 13.2 Å². The van der Waals surface area contributed by atoms with E-state index < -0.39 is 0 Å². The number of allylic oxidation sites excluding steroid dienone is 2. The average molecular weight is 252 g/mol. The van der Waals surface area contributed by atoms with Crippen molar-refractivity contribution in [3.63, 3.8) is 0 Å². The van der Waals surface area contributed by atoms with Gasteiger partial charge in [0.15, 0.2) is 5.82 Å². The van der Waals surface area contributed by atoms with Gasteiger partial charge in [-0.15, -0.1) is 20.4 Å². The Kier molecular flexibility index (Phi) is 2.97. The molecule has 0 saturated carbocycles. The van der Waals surface area contributed by atoms with E-state index >= 15 is 0 Å². The molecule has 1 aliphatic rings. The summed E-state index contributed by atoms with van der Waals surface area (Å²) in [6.07, 6.45) is 9.56. The fourth-order valence-electron chi connectivity index (χ4n) is 1.80. The van der Waals surface area contributed by atoms with Crippen molar-refractivity contribution in [2.75, 3.05) is 7.05 Å². The molecule has 1 aliphatic heterocycles. The summed E-state index contributed by atoms with van der Waals surface area (Å²) in [5.41, 5.74) is 0.668. The molecule has 0 N–H and O–H groups in total. The van der Waals surface area contributed by atoms with Crippen LogP contribution < -0.4 is 0 Å². The molecule has 0 aliphatic carbocycles. The van der Waals surface area contributed by atoms with E-state index in [4.69, 9.17) is 0 Å². The Balaban J connectivity index is 1.87. The molecule has 3 rings (SSSR count). The van der Waals surface area contributed by atoms with E-state index in [-0.39, 0.29) is 6.04 Å². The molecule has 0 amide bonds. The first kappa shape index (κ1) is 11.5. The number of hydrogen-bond acceptors (Lipinski definition) is 6. The predicted octanol–water partition coefficient (Wildman–Crippen LogP) is 1.39. The maximum Gasteiger partial charge on any atom is 0.221 e. The molecule has 0 bridgehead atoms. The third-order valence-corrected chi connectivity index (χ3v) is 2.82. The molecule has 2 aromatic rings. The van der Waals surface area contributed by atoms with E-state index in [9.17, 15) is 0 Å². The van der Waals surface area contributed by atoms with Crippen LogP contribution in [0.25, 0.3) is 11.5 Å². The van der Waals surface area contributed by atoms with Gasteiger partial charge in [0.1, 0.15) is 11.7 Å². The summed E-state index contributed by atoms with van der Waals surface area (Å²) < 4.78 is 0. The standard InChI is InChI=1S/C13H12N6/c1-19-9-5-3-7-11(19)13-17-15-12(16-18-13)10-6-2-4-8-14-10/h2-9,11H,1H3. The van der Waals surface area contributed by atoms with Gasteiger partial charge in [-0.25, -0.2) is 0 Å². The van der Waals surface area contributed by atoms with Crippen molar-refractivity contribution in [3.8, 4) is 11.5 Å². The van der Waals surface area contributed by atoms with Crippen molar-refractivity contribution in [3.05, 3.63) is 54.6 Å². The molecule has 0 radical (unpaired) electrons. The molecule has 6 nitrogen and oxygen atoms in total. The number of aromatic nitrogens is 5. The molecule has 94 valence electrons. The van der Waals surface area contributed by atoms with E-state index in [1.54, 1.807) is 6.20 Å². The van der Waals surface area contributed by atoms with Gasteiger partial charge in [0.25, 0.3) is 0 Å². The van der Waals surface area contributed by atoms with Crippen molar-refractivity contribution in [1.29, 1.82) is 0 Å². The molecule has 0 spiro atoms. The molecule has 1 atom stereocenters. The second kappa shape index (κ2) is 4.93. The van der Waals surface area contributed by atoms with E-state index in [2.05, 4.69) is 25.4 Å². The van der Waals surface area contributed by atoms with Gasteiger partial charge in [-0.05, 0) is 24.4 Å². The van der Waals surface area contributed by atoms with Crippen LogP contribution in [0.1, 0.15) is 11.9 Å². The van der Waals surface area contributed by atoms with Gasteiger partial charge in [0.2, 0.25) is 5.82 Å². The summed E-state index contributed by atoms with van der Waals surface area (Å²) >= 11 is 0. The van der Waals surface area contributed by atoms with E-state index in [1.807, 2.05) is 54.6 Å². The Morgan fingerprint density at radius 3 is 2.58 bits per heavy atom. The third-order valence-electron chi connectivity index (χ3n) is 2.82. The zero-order chi connectivity index (χ0) is 13.1. The van der Waals surface area contributed by atoms with E-state index in [0.29, 0.717) is 17.3 Å². The zero-order valence-electron chi connectivity index (χ0n) is 10.4. The molecule has 3 heterocycles. The van der Waals surface area contributed by atoms with Gasteiger partial charge in [-0.2, -0.15) is 0 Å². The quantitative estimate of drug-likeness (QED) is 0.804. The van der Waals surface area contributed by atoms with Crippen molar-refractivity contribution in [2.45, 2.75) is 6.04 Å². The highest BCUT2D eigenvalue weighted by Gasteiger charge is 2.17. The number of hydrogen-bond donors (Lipinski definition) is 0. The maximum absolute atomic E-state index is 4.17. The molecule has 0 aromatic carbocycles. The minimum Gasteiger partial charge on any atom is -0.367 e. The predicted molar refractivity (Wildman–Crippen MR) is 69.6 cm³/mol. The third kappa shape index (κ3) is 2.33. The van der Waals surface area contributed by atoms with Crippen LogP contribution in [0.15, 0.2) is 48.8 Å². The highest BCUT2D eigenvalue weighted by molar-refractivity contribution is 5.46. The summed E-state index contributed by atoms with van der Waals surface area (Å²) in [6, 6.07) is 5.52. The second-order valence-corrected chi connectivity index (χ2v) is 4.13. The van der Waals surface area contributed by atoms with Crippen molar-refractivity contribution in [1.82, 2.24) is 30.3 Å². The summed E-state index contributed by atoms with van der Waals surface area (Å²) in [7, 11) is 1.96. The molecular weight excluding hydrogens is 240 g/mol. The van der Waals surface area contributed by atoms with Crippen LogP contribution in [0.2, 0.25) is 0 Å². The lowest BCUT2D eigenvalue weighted by Crippen LogP contribution is -2.22. The van der Waals surface area contributed by atoms with Crippen molar-refractivity contribution in [2.24, 2.45) is 0 Å². The normalized spacial score (nSPS) is 17.7. The second-order valence-electron chi connectivity index (χ2n) is 4.13. The Morgan fingerprint density at radius 1 is 1.05 bits per heavy atom. The zero-order valence-corrected chi connectivity index (χ0v) is 10.4. The van der Waals surface area contributed by atoms with Crippen LogP contribution in [0, 0.1) is 0 Å². The largest absolute Gasteiger partial charge is 0.367 e. The first-order valence-electron chi connectivity index (χ1n) is 5.90. The summed E-state index contributed by atoms with van der Waals surface area (Å²) in [6.45, 7) is 0. The lowest BCUT2D eigenvalue weighted by Gasteiger charge is -2.23. The van der Waals surface area contributed by atoms with Crippen LogP contribution in [0.4, 0.5) is 0 Å². The minimum atomic E-state index is -0.0252. The number of pyridine rings is 1. The number of likely N-dealkylation sites (N-methyl/N-ethyl adjacent to an activating group) is 1. The molecular formula is C13H12N6. The number of nitrogens with zero attached hydrogens (tertiary/aromatic N) is 6. The molecule has 2 aromatic heterocycles. The van der Waals surface area contributed by atoms with Crippen LogP contribution in [-0.4, -0.2) is 37.3 Å². The van der Waals surface area contributed by atoms with Gasteiger partial charge in [-0.3, -0.25) is 4.98 Å². The molecule has 19 heavy (non-hydrogen) atoms. The lowest BCUT2D eigenvalue weighted by atomic mass is 10.2. The van der Waals surface area contributed by atoms with Crippen LogP contribution in [0.5, 0.6) is 0 Å². The lowest BCUT2D eigenvalue weighted by molar-refractivity contribution is 0.368. The highest BCUT2D eigenvalue weighted by Crippen LogP contribution is 2.19. The van der Waals surface area contributed by atoms with E-state index in [0.717, 1.165) is 0 Å². The van der Waals surface area contributed by atoms with Crippen LogP contribution in [0.3, 0.4) is 0 Å². The summed E-state index contributed by atoms with van der Waals surface area (Å²) in [5.74, 6) is 1.00. The first-order valence-corrected chi connectivity index (χ1v) is 5.90. The van der Waals surface area contributed by atoms with Gasteiger partial charge in [0.05, 0.1) is 0 Å². The van der Waals surface area contributed by atoms with Crippen molar-refractivity contribution >= 4 is 0 Å². The molecule has 6 heteroatoms. The first-order chi connectivity index (χ1) is 9.34. The van der Waals surface area contributed by atoms with Crippen LogP contribution in [-0.2, 0) is 0 Å². The molecule has 0 saturated heterocycles. The Hall–Kier alpha value is -2.63. The van der Waals surface area contributed by atoms with Gasteiger partial charge in [-0.1, -0.05) is 18.2 Å². The Morgan fingerprint density at radius 2 is 1.89 bits per heavy atom. The van der Waals surface area contributed by atoms with E-state index in [1.165, 1.54) is 0 Å². The molecule has 1 unspecified atom stereocenters. The van der Waals surface area contributed by atoms with Crippen molar-refractivity contribution < 1.29 is 0 Å². The average Bonchev–Trinajstić information content (AvgIpc) is 2.49. The smallest absolute Gasteiger partial charge is 0.221 e. The Labute approximate surface area is 110 Å².